The summed E-state index contributed by atoms with van der Waals surface area (Å²) in [5, 5.41) is 2.79. The number of nitrogens with one attached hydrogen (secondary N) is 1. The van der Waals surface area contributed by atoms with E-state index in [0.29, 0.717) is 12.0 Å². The lowest BCUT2D eigenvalue weighted by atomic mass is 10.1. The van der Waals surface area contributed by atoms with Gasteiger partial charge in [-0.15, -0.1) is 0 Å². The van der Waals surface area contributed by atoms with Crippen molar-refractivity contribution in [2.45, 2.75) is 37.9 Å². The van der Waals surface area contributed by atoms with Crippen molar-refractivity contribution < 1.29 is 9.59 Å². The van der Waals surface area contributed by atoms with E-state index in [2.05, 4.69) is 21.2 Å². The largest absolute Gasteiger partial charge is 0.326 e. The molecule has 1 aromatic rings. The molecule has 1 atom stereocenters. The third-order valence-corrected chi connectivity index (χ3v) is 3.64. The predicted octanol–water partition coefficient (Wildman–Crippen LogP) is 3.78. The molecule has 1 rings (SSSR count). The number of hydrogen-bond donors (Lipinski definition) is 1. The Labute approximate surface area is 116 Å². The van der Waals surface area contributed by atoms with Crippen LogP contribution < -0.4 is 5.32 Å². The van der Waals surface area contributed by atoms with Gasteiger partial charge in [-0.05, 0) is 37.1 Å². The van der Waals surface area contributed by atoms with E-state index in [9.17, 15) is 9.59 Å². The molecule has 0 aromatic heterocycles. The maximum atomic E-state index is 11.9. The Hall–Kier alpha value is -1.16. The molecule has 0 aliphatic rings. The number of Topliss-reactive ketones (excluding diaryl/α,β-unsaturated/α-hetero) is 1. The van der Waals surface area contributed by atoms with Crippen molar-refractivity contribution in [3.8, 4) is 0 Å². The van der Waals surface area contributed by atoms with Crippen LogP contribution in [0.3, 0.4) is 0 Å². The van der Waals surface area contributed by atoms with Crippen LogP contribution in [0, 0.1) is 0 Å². The summed E-state index contributed by atoms with van der Waals surface area (Å²) in [4.78, 5) is 23.1. The van der Waals surface area contributed by atoms with Crippen LogP contribution in [0.1, 0.15) is 43.5 Å². The standard InChI is InChI=1S/C14H18BrNO2/c1-3-5-13(17)16-11-8-6-10(7-9-11)14(18)12(15)4-2/h6-9,12H,3-5H2,1-2H3,(H,16,17). The Morgan fingerprint density at radius 2 is 1.83 bits per heavy atom. The second kappa shape index (κ2) is 7.31. The number of benzene rings is 1. The molecule has 0 spiro atoms. The molecule has 1 aromatic carbocycles. The zero-order valence-corrected chi connectivity index (χ0v) is 12.3. The van der Waals surface area contributed by atoms with Gasteiger partial charge in [0.25, 0.3) is 0 Å². The number of ketones is 1. The first-order chi connectivity index (χ1) is 8.58. The van der Waals surface area contributed by atoms with E-state index < -0.39 is 0 Å². The molecule has 0 radical (unpaired) electrons. The number of rotatable bonds is 6. The molecule has 1 unspecified atom stereocenters. The van der Waals surface area contributed by atoms with Gasteiger partial charge in [0.05, 0.1) is 4.83 Å². The van der Waals surface area contributed by atoms with Gasteiger partial charge in [-0.25, -0.2) is 0 Å². The summed E-state index contributed by atoms with van der Waals surface area (Å²) in [5.74, 6) is 0.0763. The van der Waals surface area contributed by atoms with Crippen LogP contribution in [0.5, 0.6) is 0 Å². The van der Waals surface area contributed by atoms with Crippen molar-refractivity contribution in [1.82, 2.24) is 0 Å². The molecule has 0 saturated carbocycles. The van der Waals surface area contributed by atoms with E-state index in [0.717, 1.165) is 18.5 Å². The average Bonchev–Trinajstić information content (AvgIpc) is 2.38. The van der Waals surface area contributed by atoms with Crippen LogP contribution in [-0.4, -0.2) is 16.5 Å². The third-order valence-electron chi connectivity index (χ3n) is 2.57. The maximum absolute atomic E-state index is 11.9. The second-order valence-electron chi connectivity index (χ2n) is 4.12. The van der Waals surface area contributed by atoms with Crippen LogP contribution >= 0.6 is 15.9 Å². The van der Waals surface area contributed by atoms with Crippen LogP contribution in [0.25, 0.3) is 0 Å². The Kier molecular flexibility index (Phi) is 6.05. The van der Waals surface area contributed by atoms with Crippen LogP contribution in [0.15, 0.2) is 24.3 Å². The van der Waals surface area contributed by atoms with E-state index in [-0.39, 0.29) is 16.5 Å². The fraction of sp³-hybridized carbons (Fsp3) is 0.429. The highest BCUT2D eigenvalue weighted by Gasteiger charge is 2.14. The van der Waals surface area contributed by atoms with Crippen molar-refractivity contribution in [3.63, 3.8) is 0 Å². The van der Waals surface area contributed by atoms with Crippen molar-refractivity contribution in [1.29, 1.82) is 0 Å². The topological polar surface area (TPSA) is 46.2 Å². The monoisotopic (exact) mass is 311 g/mol. The van der Waals surface area contributed by atoms with Gasteiger partial charge in [-0.3, -0.25) is 9.59 Å². The van der Waals surface area contributed by atoms with Crippen LogP contribution in [-0.2, 0) is 4.79 Å². The summed E-state index contributed by atoms with van der Waals surface area (Å²) >= 11 is 3.34. The highest BCUT2D eigenvalue weighted by atomic mass is 79.9. The van der Waals surface area contributed by atoms with Gasteiger partial charge in [-0.1, -0.05) is 29.8 Å². The SMILES string of the molecule is CCCC(=O)Nc1ccc(C(=O)C(Br)CC)cc1. The van der Waals surface area contributed by atoms with Gasteiger partial charge < -0.3 is 5.32 Å². The van der Waals surface area contributed by atoms with Gasteiger partial charge in [0.1, 0.15) is 0 Å². The minimum absolute atomic E-state index is 0.00324. The smallest absolute Gasteiger partial charge is 0.224 e. The first-order valence-corrected chi connectivity index (χ1v) is 7.08. The summed E-state index contributed by atoms with van der Waals surface area (Å²) in [7, 11) is 0. The van der Waals surface area contributed by atoms with Gasteiger partial charge >= 0.3 is 0 Å². The first-order valence-electron chi connectivity index (χ1n) is 6.16. The molecular weight excluding hydrogens is 294 g/mol. The molecular formula is C14H18BrNO2. The lowest BCUT2D eigenvalue weighted by molar-refractivity contribution is -0.116. The lowest BCUT2D eigenvalue weighted by Gasteiger charge is -2.08. The summed E-state index contributed by atoms with van der Waals surface area (Å²) in [6.45, 7) is 3.92. The predicted molar refractivity (Wildman–Crippen MR) is 77.3 cm³/mol. The number of anilines is 1. The van der Waals surface area contributed by atoms with Crippen LogP contribution in [0.4, 0.5) is 5.69 Å². The molecule has 0 saturated heterocycles. The second-order valence-corrected chi connectivity index (χ2v) is 5.22. The van der Waals surface area contributed by atoms with Gasteiger partial charge in [-0.2, -0.15) is 0 Å². The molecule has 0 aliphatic carbocycles. The third kappa shape index (κ3) is 4.26. The van der Waals surface area contributed by atoms with E-state index >= 15 is 0 Å². The van der Waals surface area contributed by atoms with Crippen molar-refractivity contribution in [3.05, 3.63) is 29.8 Å². The number of halogens is 1. The Balaban J connectivity index is 2.68. The minimum Gasteiger partial charge on any atom is -0.326 e. The van der Waals surface area contributed by atoms with Gasteiger partial charge in [0, 0.05) is 17.7 Å². The van der Waals surface area contributed by atoms with Gasteiger partial charge in [0.15, 0.2) is 5.78 Å². The fourth-order valence-corrected chi connectivity index (χ4v) is 1.80. The summed E-state index contributed by atoms with van der Waals surface area (Å²) in [6.07, 6.45) is 2.10. The Morgan fingerprint density at radius 1 is 1.22 bits per heavy atom. The summed E-state index contributed by atoms with van der Waals surface area (Å²) in [6, 6.07) is 7.01. The van der Waals surface area contributed by atoms with E-state index in [1.807, 2.05) is 13.8 Å². The van der Waals surface area contributed by atoms with Crippen LogP contribution in [0.2, 0.25) is 0 Å². The molecule has 0 bridgehead atoms. The highest BCUT2D eigenvalue weighted by molar-refractivity contribution is 9.10. The molecule has 98 valence electrons. The number of carbonyl (C=O) groups is 2. The highest BCUT2D eigenvalue weighted by Crippen LogP contribution is 2.16. The Bertz CT molecular complexity index is 414. The van der Waals surface area contributed by atoms with Crippen molar-refractivity contribution >= 4 is 33.3 Å². The van der Waals surface area contributed by atoms with E-state index in [1.165, 1.54) is 0 Å². The van der Waals surface area contributed by atoms with Gasteiger partial charge in [0.2, 0.25) is 5.91 Å². The maximum Gasteiger partial charge on any atom is 0.224 e. The first kappa shape index (κ1) is 14.9. The fourth-order valence-electron chi connectivity index (χ4n) is 1.53. The number of carbonyl (C=O) groups excluding carboxylic acids is 2. The van der Waals surface area contributed by atoms with E-state index in [1.54, 1.807) is 24.3 Å². The molecule has 1 N–H and O–H groups in total. The van der Waals surface area contributed by atoms with Crippen molar-refractivity contribution in [2.75, 3.05) is 5.32 Å². The lowest BCUT2D eigenvalue weighted by Crippen LogP contribution is -2.13. The molecule has 4 heteroatoms. The zero-order valence-electron chi connectivity index (χ0n) is 10.7. The van der Waals surface area contributed by atoms with Crippen molar-refractivity contribution in [2.24, 2.45) is 0 Å². The zero-order chi connectivity index (χ0) is 13.5. The number of alkyl halides is 1. The molecule has 0 aliphatic heterocycles. The molecule has 0 heterocycles. The molecule has 1 amide bonds. The number of amides is 1. The Morgan fingerprint density at radius 3 is 2.33 bits per heavy atom. The average molecular weight is 312 g/mol. The van der Waals surface area contributed by atoms with E-state index in [4.69, 9.17) is 0 Å². The normalized spacial score (nSPS) is 11.9. The molecule has 3 nitrogen and oxygen atoms in total. The minimum atomic E-state index is -0.141. The number of hydrogen-bond acceptors (Lipinski definition) is 2. The molecule has 0 fully saturated rings. The summed E-state index contributed by atoms with van der Waals surface area (Å²) in [5.41, 5.74) is 1.39. The molecule has 18 heavy (non-hydrogen) atoms. The quantitative estimate of drug-likeness (QED) is 0.642. The summed E-state index contributed by atoms with van der Waals surface area (Å²) < 4.78 is 0.